The number of methoxy groups -OCH3 is 1. The molecule has 3 rings (SSSR count). The minimum absolute atomic E-state index is 0.150. The zero-order chi connectivity index (χ0) is 27.7. The second kappa shape index (κ2) is 13.7. The largest absolute Gasteiger partial charge is 0.507 e. The van der Waals surface area contributed by atoms with Crippen LogP contribution in [0, 0.1) is 10.1 Å². The second-order valence-electron chi connectivity index (χ2n) is 9.44. The molecular formula is C29H37N3O6. The van der Waals surface area contributed by atoms with Gasteiger partial charge >= 0.3 is 0 Å². The number of hydrogen-bond donors (Lipinski definition) is 1. The number of amides is 1. The molecule has 1 saturated heterocycles. The molecular weight excluding hydrogens is 486 g/mol. The predicted molar refractivity (Wildman–Crippen MR) is 146 cm³/mol. The van der Waals surface area contributed by atoms with E-state index >= 15 is 0 Å². The van der Waals surface area contributed by atoms with Crippen LogP contribution >= 0.6 is 0 Å². The molecule has 0 spiro atoms. The zero-order valence-corrected chi connectivity index (χ0v) is 22.4. The third-order valence-electron chi connectivity index (χ3n) is 6.86. The SMILES string of the molecule is CCCCN(CCCC)CCCN1C(=O)C(=O)C(=C(O)c2ccc(OC)cc2)[C@@H]1c1ccccc1[N+](=O)[O-]. The first kappa shape index (κ1) is 28.8. The second-order valence-corrected chi connectivity index (χ2v) is 9.44. The van der Waals surface area contributed by atoms with Crippen molar-refractivity contribution >= 4 is 23.1 Å². The van der Waals surface area contributed by atoms with Gasteiger partial charge in [-0.15, -0.1) is 0 Å². The maximum Gasteiger partial charge on any atom is 0.295 e. The van der Waals surface area contributed by atoms with Gasteiger partial charge in [-0.1, -0.05) is 38.8 Å². The number of nitro benzene ring substituents is 1. The Hall–Kier alpha value is -3.72. The molecule has 1 atom stereocenters. The Kier molecular flexibility index (Phi) is 10.4. The fraction of sp³-hybridized carbons (Fsp3) is 0.448. The number of rotatable bonds is 14. The number of benzene rings is 2. The number of para-hydroxylation sites is 1. The first-order valence-electron chi connectivity index (χ1n) is 13.2. The number of hydrogen-bond acceptors (Lipinski definition) is 7. The zero-order valence-electron chi connectivity index (χ0n) is 22.4. The summed E-state index contributed by atoms with van der Waals surface area (Å²) in [6.45, 7) is 7.18. The van der Waals surface area contributed by atoms with Gasteiger partial charge in [0.2, 0.25) is 0 Å². The molecule has 9 nitrogen and oxygen atoms in total. The number of unbranched alkanes of at least 4 members (excludes halogenated alkanes) is 2. The van der Waals surface area contributed by atoms with Gasteiger partial charge in [-0.2, -0.15) is 0 Å². The molecule has 9 heteroatoms. The molecule has 204 valence electrons. The van der Waals surface area contributed by atoms with Gasteiger partial charge < -0.3 is 19.6 Å². The number of carbonyl (C=O) groups excluding carboxylic acids is 2. The van der Waals surface area contributed by atoms with Crippen molar-refractivity contribution in [2.24, 2.45) is 0 Å². The molecule has 0 radical (unpaired) electrons. The molecule has 2 aromatic carbocycles. The summed E-state index contributed by atoms with van der Waals surface area (Å²) in [4.78, 5) is 41.6. The van der Waals surface area contributed by atoms with E-state index in [2.05, 4.69) is 18.7 Å². The summed E-state index contributed by atoms with van der Waals surface area (Å²) >= 11 is 0. The van der Waals surface area contributed by atoms with E-state index in [4.69, 9.17) is 4.74 Å². The van der Waals surface area contributed by atoms with E-state index in [1.165, 1.54) is 30.2 Å². The molecule has 1 aliphatic heterocycles. The lowest BCUT2D eigenvalue weighted by atomic mass is 9.94. The Morgan fingerprint density at radius 3 is 2.18 bits per heavy atom. The maximum absolute atomic E-state index is 13.3. The Labute approximate surface area is 223 Å². The van der Waals surface area contributed by atoms with Gasteiger partial charge in [0.1, 0.15) is 11.5 Å². The minimum Gasteiger partial charge on any atom is -0.507 e. The van der Waals surface area contributed by atoms with Crippen LogP contribution in [-0.4, -0.2) is 64.8 Å². The maximum atomic E-state index is 13.3. The van der Waals surface area contributed by atoms with Crippen LogP contribution in [0.25, 0.3) is 5.76 Å². The van der Waals surface area contributed by atoms with Crippen molar-refractivity contribution in [2.75, 3.05) is 33.3 Å². The fourth-order valence-electron chi connectivity index (χ4n) is 4.79. The summed E-state index contributed by atoms with van der Waals surface area (Å²) < 4.78 is 5.17. The average molecular weight is 524 g/mol. The summed E-state index contributed by atoms with van der Waals surface area (Å²) in [5, 5.41) is 23.1. The summed E-state index contributed by atoms with van der Waals surface area (Å²) in [6.07, 6.45) is 4.92. The van der Waals surface area contributed by atoms with Crippen molar-refractivity contribution in [3.8, 4) is 5.75 Å². The average Bonchev–Trinajstić information content (AvgIpc) is 3.18. The summed E-state index contributed by atoms with van der Waals surface area (Å²) in [7, 11) is 1.51. The molecule has 1 heterocycles. The highest BCUT2D eigenvalue weighted by atomic mass is 16.6. The monoisotopic (exact) mass is 523 g/mol. The van der Waals surface area contributed by atoms with Crippen molar-refractivity contribution < 1.29 is 24.4 Å². The van der Waals surface area contributed by atoms with E-state index in [1.807, 2.05) is 0 Å². The highest BCUT2D eigenvalue weighted by molar-refractivity contribution is 6.46. The normalized spacial score (nSPS) is 16.8. The van der Waals surface area contributed by atoms with E-state index < -0.39 is 22.7 Å². The van der Waals surface area contributed by atoms with E-state index in [0.717, 1.165) is 45.3 Å². The molecule has 0 saturated carbocycles. The Balaban J connectivity index is 2.00. The van der Waals surface area contributed by atoms with E-state index in [1.54, 1.807) is 30.3 Å². The van der Waals surface area contributed by atoms with Gasteiger partial charge in [-0.25, -0.2) is 0 Å². The molecule has 1 aliphatic rings. The molecule has 0 aliphatic carbocycles. The van der Waals surface area contributed by atoms with Gasteiger partial charge in [-0.3, -0.25) is 19.7 Å². The predicted octanol–water partition coefficient (Wildman–Crippen LogP) is 5.32. The van der Waals surface area contributed by atoms with Crippen molar-refractivity contribution in [1.82, 2.24) is 9.80 Å². The lowest BCUT2D eigenvalue weighted by molar-refractivity contribution is -0.385. The minimum atomic E-state index is -1.07. The number of ether oxygens (including phenoxy) is 1. The number of nitrogens with zero attached hydrogens (tertiary/aromatic N) is 3. The summed E-state index contributed by atoms with van der Waals surface area (Å²) in [5.74, 6) is -1.43. The molecule has 2 aromatic rings. The molecule has 1 N–H and O–H groups in total. The first-order chi connectivity index (χ1) is 18.3. The van der Waals surface area contributed by atoms with Crippen LogP contribution < -0.4 is 4.74 Å². The number of Topliss-reactive ketones (excluding diaryl/α,β-unsaturated/α-hetero) is 1. The van der Waals surface area contributed by atoms with Crippen molar-refractivity contribution in [1.29, 1.82) is 0 Å². The quantitative estimate of drug-likeness (QED) is 0.117. The number of aliphatic hydroxyl groups excluding tert-OH is 1. The van der Waals surface area contributed by atoms with E-state index in [-0.39, 0.29) is 29.1 Å². The number of likely N-dealkylation sites (tertiary alicyclic amines) is 1. The van der Waals surface area contributed by atoms with Crippen molar-refractivity contribution in [2.45, 2.75) is 52.0 Å². The third-order valence-corrected chi connectivity index (χ3v) is 6.86. The van der Waals surface area contributed by atoms with E-state index in [9.17, 15) is 24.8 Å². The molecule has 1 amide bonds. The Morgan fingerprint density at radius 2 is 1.61 bits per heavy atom. The molecule has 1 fully saturated rings. The topological polar surface area (TPSA) is 113 Å². The van der Waals surface area contributed by atoms with Crippen molar-refractivity contribution in [3.05, 3.63) is 75.3 Å². The molecule has 0 bridgehead atoms. The van der Waals surface area contributed by atoms with Crippen LogP contribution in [0.2, 0.25) is 0 Å². The number of aliphatic hydroxyl groups is 1. The first-order valence-corrected chi connectivity index (χ1v) is 13.2. The molecule has 0 unspecified atom stereocenters. The van der Waals surface area contributed by atoms with Crippen LogP contribution in [-0.2, 0) is 9.59 Å². The lowest BCUT2D eigenvalue weighted by Gasteiger charge is -2.27. The molecule has 38 heavy (non-hydrogen) atoms. The number of ketones is 1. The smallest absolute Gasteiger partial charge is 0.295 e. The van der Waals surface area contributed by atoms with Crippen LogP contribution in [0.4, 0.5) is 5.69 Å². The van der Waals surface area contributed by atoms with Crippen molar-refractivity contribution in [3.63, 3.8) is 0 Å². The summed E-state index contributed by atoms with van der Waals surface area (Å²) in [6, 6.07) is 11.4. The summed E-state index contributed by atoms with van der Waals surface area (Å²) in [5.41, 5.74) is 0.152. The third kappa shape index (κ3) is 6.58. The van der Waals surface area contributed by atoms with Gasteiger partial charge in [0.15, 0.2) is 0 Å². The van der Waals surface area contributed by atoms with Crippen LogP contribution in [0.15, 0.2) is 54.1 Å². The van der Waals surface area contributed by atoms with Crippen LogP contribution in [0.5, 0.6) is 5.75 Å². The number of nitro groups is 1. The van der Waals surface area contributed by atoms with Gasteiger partial charge in [0.05, 0.1) is 29.2 Å². The van der Waals surface area contributed by atoms with E-state index in [0.29, 0.717) is 17.7 Å². The Morgan fingerprint density at radius 1 is 1.00 bits per heavy atom. The van der Waals surface area contributed by atoms with Crippen LogP contribution in [0.3, 0.4) is 0 Å². The highest BCUT2D eigenvalue weighted by Gasteiger charge is 2.47. The van der Waals surface area contributed by atoms with Gasteiger partial charge in [0, 0.05) is 18.2 Å². The lowest BCUT2D eigenvalue weighted by Crippen LogP contribution is -2.34. The van der Waals surface area contributed by atoms with Gasteiger partial charge in [0.25, 0.3) is 17.4 Å². The standard InChI is InChI=1S/C29H37N3O6/c1-4-6-17-30(18-7-5-2)19-10-20-31-26(23-11-8-9-12-24(23)32(36)37)25(28(34)29(31)35)27(33)21-13-15-22(38-3)16-14-21/h8-9,11-16,26,33H,4-7,10,17-20H2,1-3H3/t26-/m0/s1. The number of carbonyl (C=O) groups is 2. The van der Waals surface area contributed by atoms with Gasteiger partial charge in [-0.05, 0) is 69.2 Å². The Bertz CT molecular complexity index is 1150. The van der Waals surface area contributed by atoms with Crippen LogP contribution in [0.1, 0.15) is 63.1 Å². The highest BCUT2D eigenvalue weighted by Crippen LogP contribution is 2.42. The fourth-order valence-corrected chi connectivity index (χ4v) is 4.79. The molecule has 0 aromatic heterocycles.